The van der Waals surface area contributed by atoms with Gasteiger partial charge in [0.05, 0.1) is 5.69 Å². The number of nitrogens with zero attached hydrogens (tertiary/aromatic N) is 5. The van der Waals surface area contributed by atoms with Gasteiger partial charge in [-0.05, 0) is 62.6 Å². The molecule has 1 aliphatic rings. The van der Waals surface area contributed by atoms with Crippen molar-refractivity contribution in [3.63, 3.8) is 0 Å². The lowest BCUT2D eigenvalue weighted by atomic mass is 10.0. The Hall–Kier alpha value is -4.65. The zero-order valence-electron chi connectivity index (χ0n) is 24.0. The van der Waals surface area contributed by atoms with Crippen molar-refractivity contribution in [2.24, 2.45) is 4.99 Å². The van der Waals surface area contributed by atoms with Gasteiger partial charge in [0.1, 0.15) is 17.9 Å². The molecular weight excluding hydrogens is 596 g/mol. The Morgan fingerprint density at radius 3 is 2.39 bits per heavy atom. The summed E-state index contributed by atoms with van der Waals surface area (Å²) in [5, 5.41) is 7.33. The van der Waals surface area contributed by atoms with E-state index in [1.165, 1.54) is 59.2 Å². The van der Waals surface area contributed by atoms with E-state index >= 15 is 0 Å². The fourth-order valence-corrected chi connectivity index (χ4v) is 5.83. The van der Waals surface area contributed by atoms with Crippen LogP contribution in [0.5, 0.6) is 5.75 Å². The van der Waals surface area contributed by atoms with Crippen LogP contribution in [0.25, 0.3) is 22.9 Å². The zero-order chi connectivity index (χ0) is 31.4. The third kappa shape index (κ3) is 7.46. The van der Waals surface area contributed by atoms with E-state index in [1.54, 1.807) is 12.1 Å². The molecule has 0 spiro atoms. The number of benzene rings is 3. The first kappa shape index (κ1) is 30.8. The molecule has 8 nitrogen and oxygen atoms in total. The van der Waals surface area contributed by atoms with Crippen molar-refractivity contribution in [1.82, 2.24) is 20.1 Å². The summed E-state index contributed by atoms with van der Waals surface area (Å²) in [7, 11) is 0. The van der Waals surface area contributed by atoms with Gasteiger partial charge in [0.25, 0.3) is 0 Å². The Morgan fingerprint density at radius 1 is 1.05 bits per heavy atom. The number of aliphatic imine (C=N–C) groups is 1. The summed E-state index contributed by atoms with van der Waals surface area (Å²) in [4.78, 5) is 23.2. The smallest absolute Gasteiger partial charge is 0.406 e. The van der Waals surface area contributed by atoms with E-state index in [0.717, 1.165) is 47.3 Å². The molecule has 0 bridgehead atoms. The average molecular weight is 625 g/mol. The molecule has 0 unspecified atom stereocenters. The molecule has 1 saturated heterocycles. The van der Waals surface area contributed by atoms with Gasteiger partial charge in [-0.15, -0.1) is 18.3 Å². The van der Waals surface area contributed by atoms with E-state index in [0.29, 0.717) is 22.2 Å². The highest BCUT2D eigenvalue weighted by atomic mass is 32.2. The average Bonchev–Trinajstić information content (AvgIpc) is 3.46. The Balaban J connectivity index is 1.24. The summed E-state index contributed by atoms with van der Waals surface area (Å²) < 4.78 is 57.4. The molecule has 13 heteroatoms. The van der Waals surface area contributed by atoms with E-state index in [2.05, 4.69) is 37.3 Å². The minimum Gasteiger partial charge on any atom is -0.406 e. The van der Waals surface area contributed by atoms with Crippen LogP contribution in [-0.4, -0.2) is 44.6 Å². The van der Waals surface area contributed by atoms with Gasteiger partial charge >= 0.3 is 12.4 Å². The summed E-state index contributed by atoms with van der Waals surface area (Å²) in [5.41, 5.74) is 5.68. The summed E-state index contributed by atoms with van der Waals surface area (Å²) in [6, 6.07) is 15.0. The van der Waals surface area contributed by atoms with Gasteiger partial charge in [0, 0.05) is 35.3 Å². The number of hydrogen-bond donors (Lipinski definition) is 1. The number of halogens is 4. The molecule has 228 valence electrons. The van der Waals surface area contributed by atoms with E-state index in [1.807, 2.05) is 25.7 Å². The van der Waals surface area contributed by atoms with E-state index in [-0.39, 0.29) is 11.3 Å². The van der Waals surface area contributed by atoms with Crippen molar-refractivity contribution in [2.75, 3.05) is 17.2 Å². The van der Waals surface area contributed by atoms with Crippen LogP contribution in [0.2, 0.25) is 0 Å². The summed E-state index contributed by atoms with van der Waals surface area (Å²) in [6.45, 7) is 6.85. The standard InChI is InChI=1S/C31H28F4N6O2S/c1-19-15-20(2)27(21(3)16-19)40-13-4-14-44-30(40)38-29(42)36-17-26(32)22-5-7-23(8-6-22)28-37-18-41(39-28)24-9-11-25(12-10-24)43-31(33,34)35/h5-12,15-18H,4,13-14H2,1-3H3,(H,36,42)/b26-17-,38-30-. The number of amides is 2. The molecule has 0 saturated carbocycles. The largest absolute Gasteiger partial charge is 0.573 e. The van der Waals surface area contributed by atoms with Crippen molar-refractivity contribution < 1.29 is 27.1 Å². The molecular formula is C31H28F4N6O2S. The molecule has 1 N–H and O–H groups in total. The van der Waals surface area contributed by atoms with Gasteiger partial charge in [-0.25, -0.2) is 18.9 Å². The molecule has 2 amide bonds. The number of aryl methyl sites for hydroxylation is 3. The molecule has 44 heavy (non-hydrogen) atoms. The molecule has 2 heterocycles. The number of urea groups is 1. The minimum atomic E-state index is -4.78. The van der Waals surface area contributed by atoms with Crippen LogP contribution in [0.3, 0.4) is 0 Å². The van der Waals surface area contributed by atoms with Crippen molar-refractivity contribution in [3.05, 3.63) is 95.4 Å². The lowest BCUT2D eigenvalue weighted by molar-refractivity contribution is -0.274. The predicted molar refractivity (Wildman–Crippen MR) is 164 cm³/mol. The Morgan fingerprint density at radius 2 is 1.73 bits per heavy atom. The van der Waals surface area contributed by atoms with Crippen molar-refractivity contribution >= 4 is 34.5 Å². The quantitative estimate of drug-likeness (QED) is 0.221. The number of carbonyl (C=O) groups excluding carboxylic acids is 1. The highest BCUT2D eigenvalue weighted by Crippen LogP contribution is 2.32. The fraction of sp³-hybridized carbons (Fsp3) is 0.226. The topological polar surface area (TPSA) is 84.6 Å². The van der Waals surface area contributed by atoms with Crippen molar-refractivity contribution in [3.8, 4) is 22.8 Å². The van der Waals surface area contributed by atoms with E-state index < -0.39 is 18.2 Å². The van der Waals surface area contributed by atoms with Gasteiger partial charge in [-0.2, -0.15) is 4.99 Å². The lowest BCUT2D eigenvalue weighted by Gasteiger charge is -2.32. The maximum Gasteiger partial charge on any atom is 0.573 e. The first-order chi connectivity index (χ1) is 21.0. The molecule has 1 aliphatic heterocycles. The number of thioether (sulfide) groups is 1. The molecule has 4 aromatic rings. The number of nitrogens with one attached hydrogen (secondary N) is 1. The molecule has 5 rings (SSSR count). The zero-order valence-corrected chi connectivity index (χ0v) is 24.8. The van der Waals surface area contributed by atoms with E-state index in [4.69, 9.17) is 0 Å². The third-order valence-electron chi connectivity index (χ3n) is 6.66. The Kier molecular flexibility index (Phi) is 9.04. The number of amidine groups is 1. The van der Waals surface area contributed by atoms with Crippen LogP contribution in [0.4, 0.5) is 28.0 Å². The predicted octanol–water partition coefficient (Wildman–Crippen LogP) is 7.74. The monoisotopic (exact) mass is 624 g/mol. The second-order valence-corrected chi connectivity index (χ2v) is 11.1. The molecule has 1 aromatic heterocycles. The first-order valence-corrected chi connectivity index (χ1v) is 14.6. The van der Waals surface area contributed by atoms with Gasteiger partial charge in [0.15, 0.2) is 11.0 Å². The summed E-state index contributed by atoms with van der Waals surface area (Å²) in [5.74, 6) is 0.148. The van der Waals surface area contributed by atoms with Crippen LogP contribution in [0.15, 0.2) is 78.2 Å². The van der Waals surface area contributed by atoms with Crippen LogP contribution < -0.4 is 15.0 Å². The third-order valence-corrected chi connectivity index (χ3v) is 7.72. The van der Waals surface area contributed by atoms with Gasteiger partial charge in [-0.3, -0.25) is 0 Å². The molecule has 0 aliphatic carbocycles. The number of hydrogen-bond acceptors (Lipinski definition) is 5. The summed E-state index contributed by atoms with van der Waals surface area (Å²) >= 11 is 1.49. The molecule has 1 fully saturated rings. The number of rotatable bonds is 6. The van der Waals surface area contributed by atoms with Crippen LogP contribution in [0, 0.1) is 20.8 Å². The number of ether oxygens (including phenoxy) is 1. The number of carbonyl (C=O) groups is 1. The van der Waals surface area contributed by atoms with Crippen molar-refractivity contribution in [1.29, 1.82) is 0 Å². The van der Waals surface area contributed by atoms with Gasteiger partial charge in [-0.1, -0.05) is 53.7 Å². The molecule has 3 aromatic carbocycles. The first-order valence-electron chi connectivity index (χ1n) is 13.6. The maximum absolute atomic E-state index is 14.9. The highest BCUT2D eigenvalue weighted by Gasteiger charge is 2.31. The lowest BCUT2D eigenvalue weighted by Crippen LogP contribution is -2.36. The highest BCUT2D eigenvalue weighted by molar-refractivity contribution is 8.14. The van der Waals surface area contributed by atoms with Crippen LogP contribution in [-0.2, 0) is 0 Å². The number of aromatic nitrogens is 3. The SMILES string of the molecule is Cc1cc(C)c(N2CCCS/C2=N\C(=O)N/C=C(\F)c2ccc(-c3ncn(-c4ccc(OC(F)(F)F)cc4)n3)cc2)c(C)c1. The fourth-order valence-electron chi connectivity index (χ4n) is 4.88. The maximum atomic E-state index is 14.9. The number of anilines is 1. The number of alkyl halides is 3. The Labute approximate surface area is 255 Å². The second-order valence-electron chi connectivity index (χ2n) is 10.1. The second kappa shape index (κ2) is 12.9. The van der Waals surface area contributed by atoms with Gasteiger partial charge in [0.2, 0.25) is 0 Å². The normalized spacial score (nSPS) is 15.0. The molecule has 0 atom stereocenters. The van der Waals surface area contributed by atoms with Gasteiger partial charge < -0.3 is 15.0 Å². The van der Waals surface area contributed by atoms with Crippen LogP contribution >= 0.6 is 11.8 Å². The Bertz CT molecular complexity index is 1690. The summed E-state index contributed by atoms with van der Waals surface area (Å²) in [6.07, 6.45) is -1.44. The minimum absolute atomic E-state index is 0.223. The van der Waals surface area contributed by atoms with E-state index in [9.17, 15) is 22.4 Å². The van der Waals surface area contributed by atoms with Crippen LogP contribution in [0.1, 0.15) is 28.7 Å². The van der Waals surface area contributed by atoms with Crippen molar-refractivity contribution in [2.45, 2.75) is 33.6 Å². The molecule has 0 radical (unpaired) electrons.